The first-order chi connectivity index (χ1) is 7.74. The fraction of sp³-hybridized carbons (Fsp3) is 0.364. The van der Waals surface area contributed by atoms with Gasteiger partial charge in [-0.2, -0.15) is 0 Å². The number of carboxylic acids is 1. The van der Waals surface area contributed by atoms with E-state index in [4.69, 9.17) is 5.11 Å². The third kappa shape index (κ3) is 3.20. The summed E-state index contributed by atoms with van der Waals surface area (Å²) in [4.78, 5) is 10.7. The Bertz CT molecular complexity index is 534. The zero-order valence-corrected chi connectivity index (χ0v) is 10.7. The van der Waals surface area contributed by atoms with Crippen LogP contribution in [0.4, 0.5) is 5.69 Å². The average molecular weight is 257 g/mol. The second-order valence-electron chi connectivity index (χ2n) is 4.03. The summed E-state index contributed by atoms with van der Waals surface area (Å²) >= 11 is 0. The standard InChI is InChI=1S/C11H15NO4S/c1-7(2)17(15,16)12-10-5-4-9(11(13)14)6-8(10)3/h4-7,12H,1-3H3,(H,13,14). The summed E-state index contributed by atoms with van der Waals surface area (Å²) in [5.74, 6) is -1.04. The molecule has 0 saturated carbocycles. The number of aryl methyl sites for hydroxylation is 1. The number of rotatable bonds is 4. The second kappa shape index (κ2) is 4.75. The van der Waals surface area contributed by atoms with Gasteiger partial charge < -0.3 is 5.11 Å². The van der Waals surface area contributed by atoms with E-state index in [2.05, 4.69) is 4.72 Å². The highest BCUT2D eigenvalue weighted by atomic mass is 32.2. The molecule has 17 heavy (non-hydrogen) atoms. The number of benzene rings is 1. The minimum atomic E-state index is -3.40. The van der Waals surface area contributed by atoms with Crippen LogP contribution in [0.25, 0.3) is 0 Å². The molecule has 0 amide bonds. The summed E-state index contributed by atoms with van der Waals surface area (Å²) in [5.41, 5.74) is 1.12. The van der Waals surface area contributed by atoms with E-state index in [0.29, 0.717) is 11.3 Å². The van der Waals surface area contributed by atoms with Gasteiger partial charge in [-0.25, -0.2) is 13.2 Å². The molecule has 2 N–H and O–H groups in total. The monoisotopic (exact) mass is 257 g/mol. The highest BCUT2D eigenvalue weighted by Gasteiger charge is 2.17. The minimum Gasteiger partial charge on any atom is -0.478 e. The predicted octanol–water partition coefficient (Wildman–Crippen LogP) is 1.84. The zero-order valence-electron chi connectivity index (χ0n) is 9.89. The average Bonchev–Trinajstić information content (AvgIpc) is 2.20. The van der Waals surface area contributed by atoms with Crippen molar-refractivity contribution in [3.63, 3.8) is 0 Å². The zero-order chi connectivity index (χ0) is 13.2. The first-order valence-corrected chi connectivity index (χ1v) is 6.64. The molecule has 0 heterocycles. The van der Waals surface area contributed by atoms with Crippen molar-refractivity contribution in [2.45, 2.75) is 26.0 Å². The van der Waals surface area contributed by atoms with Gasteiger partial charge in [0.15, 0.2) is 0 Å². The second-order valence-corrected chi connectivity index (χ2v) is 6.27. The van der Waals surface area contributed by atoms with Gasteiger partial charge in [0.25, 0.3) is 0 Å². The molecule has 0 bridgehead atoms. The molecule has 0 radical (unpaired) electrons. The molecule has 5 nitrogen and oxygen atoms in total. The van der Waals surface area contributed by atoms with Gasteiger partial charge in [-0.1, -0.05) is 0 Å². The molecule has 6 heteroatoms. The summed E-state index contributed by atoms with van der Waals surface area (Å²) in [6.45, 7) is 4.80. The molecule has 0 aliphatic carbocycles. The van der Waals surface area contributed by atoms with E-state index in [1.165, 1.54) is 18.2 Å². The topological polar surface area (TPSA) is 83.5 Å². The highest BCUT2D eigenvalue weighted by molar-refractivity contribution is 7.93. The lowest BCUT2D eigenvalue weighted by Crippen LogP contribution is -2.23. The van der Waals surface area contributed by atoms with E-state index < -0.39 is 21.2 Å². The maximum atomic E-state index is 11.6. The molecular weight excluding hydrogens is 242 g/mol. The van der Waals surface area contributed by atoms with Crippen LogP contribution in [0.3, 0.4) is 0 Å². The van der Waals surface area contributed by atoms with Crippen molar-refractivity contribution in [1.29, 1.82) is 0 Å². The predicted molar refractivity (Wildman–Crippen MR) is 65.8 cm³/mol. The van der Waals surface area contributed by atoms with Crippen LogP contribution in [0.1, 0.15) is 29.8 Å². The minimum absolute atomic E-state index is 0.134. The molecule has 0 saturated heterocycles. The number of anilines is 1. The first-order valence-electron chi connectivity index (χ1n) is 5.09. The van der Waals surface area contributed by atoms with Gasteiger partial charge in [-0.3, -0.25) is 4.72 Å². The van der Waals surface area contributed by atoms with Crippen LogP contribution in [0, 0.1) is 6.92 Å². The molecule has 0 fully saturated rings. The molecule has 0 aromatic heterocycles. The molecule has 0 aliphatic heterocycles. The lowest BCUT2D eigenvalue weighted by molar-refractivity contribution is 0.0697. The van der Waals surface area contributed by atoms with E-state index in [0.717, 1.165) is 0 Å². The van der Waals surface area contributed by atoms with Crippen LogP contribution in [-0.2, 0) is 10.0 Å². The third-order valence-corrected chi connectivity index (χ3v) is 4.09. The lowest BCUT2D eigenvalue weighted by Gasteiger charge is -2.13. The summed E-state index contributed by atoms with van der Waals surface area (Å²) < 4.78 is 25.7. The van der Waals surface area contributed by atoms with Gasteiger partial charge in [0.1, 0.15) is 0 Å². The third-order valence-electron chi connectivity index (χ3n) is 2.35. The molecule has 1 aromatic rings. The van der Waals surface area contributed by atoms with E-state index in [1.54, 1.807) is 20.8 Å². The molecule has 0 spiro atoms. The van der Waals surface area contributed by atoms with Crippen molar-refractivity contribution < 1.29 is 18.3 Å². The van der Waals surface area contributed by atoms with Crippen LogP contribution >= 0.6 is 0 Å². The van der Waals surface area contributed by atoms with Crippen LogP contribution in [0.5, 0.6) is 0 Å². The Kier molecular flexibility index (Phi) is 3.77. The normalized spacial score (nSPS) is 11.5. The molecule has 1 aromatic carbocycles. The van der Waals surface area contributed by atoms with Gasteiger partial charge in [0.2, 0.25) is 10.0 Å². The Labute approximate surface area is 101 Å². The Morgan fingerprint density at radius 2 is 1.94 bits per heavy atom. The van der Waals surface area contributed by atoms with Crippen LogP contribution < -0.4 is 4.72 Å². The molecule has 94 valence electrons. The number of carboxylic acid groups (broad SMARTS) is 1. The summed E-state index contributed by atoms with van der Waals surface area (Å²) in [6, 6.07) is 4.26. The number of hydrogen-bond acceptors (Lipinski definition) is 3. The quantitative estimate of drug-likeness (QED) is 0.862. The SMILES string of the molecule is Cc1cc(C(=O)O)ccc1NS(=O)(=O)C(C)C. The fourth-order valence-corrected chi connectivity index (χ4v) is 1.95. The summed E-state index contributed by atoms with van der Waals surface area (Å²) in [7, 11) is -3.40. The van der Waals surface area contributed by atoms with Gasteiger partial charge in [-0.15, -0.1) is 0 Å². The summed E-state index contributed by atoms with van der Waals surface area (Å²) in [6.07, 6.45) is 0. The van der Waals surface area contributed by atoms with E-state index in [9.17, 15) is 13.2 Å². The Morgan fingerprint density at radius 3 is 2.35 bits per heavy atom. The Hall–Kier alpha value is -1.56. The molecule has 0 unspecified atom stereocenters. The Morgan fingerprint density at radius 1 is 1.35 bits per heavy atom. The van der Waals surface area contributed by atoms with Gasteiger partial charge in [0.05, 0.1) is 16.5 Å². The van der Waals surface area contributed by atoms with Crippen LogP contribution in [-0.4, -0.2) is 24.7 Å². The number of carbonyl (C=O) groups is 1. The van der Waals surface area contributed by atoms with Gasteiger partial charge in [0, 0.05) is 0 Å². The fourth-order valence-electron chi connectivity index (χ4n) is 1.18. The first kappa shape index (κ1) is 13.5. The molecule has 1 rings (SSSR count). The van der Waals surface area contributed by atoms with Crippen LogP contribution in [0.2, 0.25) is 0 Å². The van der Waals surface area contributed by atoms with Gasteiger partial charge in [-0.05, 0) is 44.5 Å². The number of aromatic carboxylic acids is 1. The smallest absolute Gasteiger partial charge is 0.335 e. The maximum absolute atomic E-state index is 11.6. The van der Waals surface area contributed by atoms with Crippen LogP contribution in [0.15, 0.2) is 18.2 Å². The summed E-state index contributed by atoms with van der Waals surface area (Å²) in [5, 5.41) is 8.24. The van der Waals surface area contributed by atoms with Gasteiger partial charge >= 0.3 is 5.97 Å². The lowest BCUT2D eigenvalue weighted by atomic mass is 10.1. The van der Waals surface area contributed by atoms with Crippen molar-refractivity contribution in [1.82, 2.24) is 0 Å². The van der Waals surface area contributed by atoms with E-state index in [-0.39, 0.29) is 5.56 Å². The molecule has 0 aliphatic rings. The Balaban J connectivity index is 3.06. The number of hydrogen-bond donors (Lipinski definition) is 2. The molecular formula is C11H15NO4S. The maximum Gasteiger partial charge on any atom is 0.335 e. The van der Waals surface area contributed by atoms with Crippen molar-refractivity contribution in [2.24, 2.45) is 0 Å². The van der Waals surface area contributed by atoms with E-state index in [1.807, 2.05) is 0 Å². The van der Waals surface area contributed by atoms with Crippen molar-refractivity contribution >= 4 is 21.7 Å². The van der Waals surface area contributed by atoms with E-state index >= 15 is 0 Å². The highest BCUT2D eigenvalue weighted by Crippen LogP contribution is 2.19. The number of sulfonamides is 1. The van der Waals surface area contributed by atoms with Crippen molar-refractivity contribution in [2.75, 3.05) is 4.72 Å². The molecule has 0 atom stereocenters. The number of nitrogens with one attached hydrogen (secondary N) is 1. The largest absolute Gasteiger partial charge is 0.478 e. The van der Waals surface area contributed by atoms with Crippen molar-refractivity contribution in [3.8, 4) is 0 Å². The van der Waals surface area contributed by atoms with Crippen molar-refractivity contribution in [3.05, 3.63) is 29.3 Å².